The van der Waals surface area contributed by atoms with Crippen LogP contribution in [0.3, 0.4) is 0 Å². The molecule has 6 nitrogen and oxygen atoms in total. The lowest BCUT2D eigenvalue weighted by atomic mass is 10.00. The lowest BCUT2D eigenvalue weighted by molar-refractivity contribution is 0.0349. The van der Waals surface area contributed by atoms with Crippen molar-refractivity contribution in [2.45, 2.75) is 44.8 Å². The van der Waals surface area contributed by atoms with Crippen LogP contribution >= 0.6 is 0 Å². The Bertz CT molecular complexity index is 536. The quantitative estimate of drug-likeness (QED) is 0.851. The summed E-state index contributed by atoms with van der Waals surface area (Å²) < 4.78 is 19.1. The van der Waals surface area contributed by atoms with Crippen LogP contribution in [0.1, 0.15) is 43.0 Å². The molecule has 0 saturated carbocycles. The van der Waals surface area contributed by atoms with E-state index in [9.17, 15) is 0 Å². The van der Waals surface area contributed by atoms with Crippen molar-refractivity contribution in [3.8, 4) is 0 Å². The SMILES string of the molecule is c1c2c(nn1CC1CCOCC1)[C@@H](CNCC1CCOCC1)OCC2. The van der Waals surface area contributed by atoms with Crippen molar-refractivity contribution >= 4 is 0 Å². The Hall–Kier alpha value is -0.950. The van der Waals surface area contributed by atoms with Crippen LogP contribution < -0.4 is 5.32 Å². The first kappa shape index (κ1) is 17.5. The topological polar surface area (TPSA) is 57.5 Å². The molecule has 4 heterocycles. The summed E-state index contributed by atoms with van der Waals surface area (Å²) in [5.74, 6) is 1.43. The summed E-state index contributed by atoms with van der Waals surface area (Å²) in [4.78, 5) is 0. The van der Waals surface area contributed by atoms with E-state index in [2.05, 4.69) is 16.2 Å². The zero-order valence-electron chi connectivity index (χ0n) is 15.1. The summed E-state index contributed by atoms with van der Waals surface area (Å²) in [6, 6.07) is 0. The largest absolute Gasteiger partial charge is 0.381 e. The van der Waals surface area contributed by atoms with E-state index in [4.69, 9.17) is 19.3 Å². The Balaban J connectivity index is 1.31. The second-order valence-corrected chi connectivity index (χ2v) is 7.64. The van der Waals surface area contributed by atoms with Gasteiger partial charge in [0.2, 0.25) is 0 Å². The van der Waals surface area contributed by atoms with Crippen molar-refractivity contribution in [3.63, 3.8) is 0 Å². The van der Waals surface area contributed by atoms with Crippen LogP contribution in [0.5, 0.6) is 0 Å². The summed E-state index contributed by atoms with van der Waals surface area (Å²) in [7, 11) is 0. The molecule has 0 unspecified atom stereocenters. The number of aromatic nitrogens is 2. The monoisotopic (exact) mass is 349 g/mol. The van der Waals surface area contributed by atoms with Crippen LogP contribution in [0.4, 0.5) is 0 Å². The van der Waals surface area contributed by atoms with E-state index in [0.717, 1.165) is 83.5 Å². The molecule has 3 aliphatic rings. The van der Waals surface area contributed by atoms with Gasteiger partial charge in [0.25, 0.3) is 0 Å². The summed E-state index contributed by atoms with van der Waals surface area (Å²) in [6.07, 6.45) is 7.97. The predicted octanol–water partition coefficient (Wildman–Crippen LogP) is 1.94. The fraction of sp³-hybridized carbons (Fsp3) is 0.842. The highest BCUT2D eigenvalue weighted by atomic mass is 16.5. The molecule has 1 N–H and O–H groups in total. The van der Waals surface area contributed by atoms with Gasteiger partial charge in [0.1, 0.15) is 6.10 Å². The maximum atomic E-state index is 6.01. The van der Waals surface area contributed by atoms with Crippen LogP contribution in [0.25, 0.3) is 0 Å². The van der Waals surface area contributed by atoms with E-state index in [0.29, 0.717) is 5.92 Å². The maximum absolute atomic E-state index is 6.01. The summed E-state index contributed by atoms with van der Waals surface area (Å²) in [5.41, 5.74) is 2.52. The normalized spacial score (nSPS) is 25.8. The maximum Gasteiger partial charge on any atom is 0.114 e. The van der Waals surface area contributed by atoms with Crippen LogP contribution in [0.2, 0.25) is 0 Å². The molecule has 25 heavy (non-hydrogen) atoms. The Morgan fingerprint density at radius 1 is 0.960 bits per heavy atom. The molecular weight excluding hydrogens is 318 g/mol. The molecule has 0 bridgehead atoms. The fourth-order valence-electron chi connectivity index (χ4n) is 4.14. The smallest absolute Gasteiger partial charge is 0.114 e. The van der Waals surface area contributed by atoms with Crippen LogP contribution in [0, 0.1) is 11.8 Å². The third-order valence-electron chi connectivity index (χ3n) is 5.76. The molecule has 1 aromatic heterocycles. The third-order valence-corrected chi connectivity index (χ3v) is 5.76. The lowest BCUT2D eigenvalue weighted by Crippen LogP contribution is -2.33. The average molecular weight is 349 g/mol. The minimum atomic E-state index is 0.0968. The van der Waals surface area contributed by atoms with E-state index in [1.165, 1.54) is 18.4 Å². The predicted molar refractivity (Wildman–Crippen MR) is 94.6 cm³/mol. The molecule has 1 aromatic rings. The van der Waals surface area contributed by atoms with E-state index in [1.54, 1.807) is 0 Å². The van der Waals surface area contributed by atoms with Crippen LogP contribution in [-0.2, 0) is 27.2 Å². The fourth-order valence-corrected chi connectivity index (χ4v) is 4.14. The van der Waals surface area contributed by atoms with E-state index >= 15 is 0 Å². The molecule has 2 fully saturated rings. The van der Waals surface area contributed by atoms with Gasteiger partial charge in [-0.25, -0.2) is 0 Å². The first-order valence-electron chi connectivity index (χ1n) is 9.92. The number of hydrogen-bond acceptors (Lipinski definition) is 5. The number of ether oxygens (including phenoxy) is 3. The van der Waals surface area contributed by atoms with Gasteiger partial charge in [-0.3, -0.25) is 4.68 Å². The van der Waals surface area contributed by atoms with Crippen molar-refractivity contribution in [3.05, 3.63) is 17.5 Å². The third kappa shape index (κ3) is 4.61. The standard InChI is InChI=1S/C19H31N3O3/c1-6-23-7-2-15(1)11-20-12-18-19-17(5-10-25-18)14-22(21-19)13-16-3-8-24-9-4-16/h14-16,18,20H,1-13H2/t18-/m1/s1. The molecule has 140 valence electrons. The molecule has 0 aromatic carbocycles. The Morgan fingerprint density at radius 3 is 2.44 bits per heavy atom. The minimum Gasteiger partial charge on any atom is -0.381 e. The molecule has 1 atom stereocenters. The van der Waals surface area contributed by atoms with Gasteiger partial charge in [0.15, 0.2) is 0 Å². The first-order chi connectivity index (χ1) is 12.4. The number of rotatable bonds is 6. The van der Waals surface area contributed by atoms with Gasteiger partial charge >= 0.3 is 0 Å². The van der Waals surface area contributed by atoms with Gasteiger partial charge in [-0.05, 0) is 56.0 Å². The zero-order chi connectivity index (χ0) is 16.9. The molecule has 6 heteroatoms. The highest BCUT2D eigenvalue weighted by Crippen LogP contribution is 2.26. The molecule has 3 aliphatic heterocycles. The second-order valence-electron chi connectivity index (χ2n) is 7.64. The summed E-state index contributed by atoms with van der Waals surface area (Å²) >= 11 is 0. The van der Waals surface area contributed by atoms with Crippen molar-refractivity contribution < 1.29 is 14.2 Å². The Kier molecular flexibility index (Phi) is 6.02. The van der Waals surface area contributed by atoms with Gasteiger partial charge in [-0.15, -0.1) is 0 Å². The summed E-state index contributed by atoms with van der Waals surface area (Å²) in [6.45, 7) is 7.35. The molecule has 0 aliphatic carbocycles. The van der Waals surface area contributed by atoms with Crippen LogP contribution in [0.15, 0.2) is 6.20 Å². The number of nitrogens with one attached hydrogen (secondary N) is 1. The molecule has 0 radical (unpaired) electrons. The van der Waals surface area contributed by atoms with Crippen LogP contribution in [-0.4, -0.2) is 55.9 Å². The van der Waals surface area contributed by atoms with Crippen molar-refractivity contribution in [1.82, 2.24) is 15.1 Å². The van der Waals surface area contributed by atoms with E-state index in [-0.39, 0.29) is 6.10 Å². The highest BCUT2D eigenvalue weighted by Gasteiger charge is 2.26. The minimum absolute atomic E-state index is 0.0968. The molecule has 2 saturated heterocycles. The first-order valence-corrected chi connectivity index (χ1v) is 9.92. The van der Waals surface area contributed by atoms with E-state index < -0.39 is 0 Å². The Morgan fingerprint density at radius 2 is 1.68 bits per heavy atom. The highest BCUT2D eigenvalue weighted by molar-refractivity contribution is 5.22. The van der Waals surface area contributed by atoms with Crippen molar-refractivity contribution in [2.24, 2.45) is 11.8 Å². The summed E-state index contributed by atoms with van der Waals surface area (Å²) in [5, 5.41) is 8.49. The second kappa shape index (κ2) is 8.62. The lowest BCUT2D eigenvalue weighted by Gasteiger charge is -2.25. The number of fused-ring (bicyclic) bond motifs is 1. The van der Waals surface area contributed by atoms with Gasteiger partial charge in [0, 0.05) is 45.7 Å². The van der Waals surface area contributed by atoms with Crippen molar-refractivity contribution in [1.29, 1.82) is 0 Å². The molecule has 0 spiro atoms. The zero-order valence-corrected chi connectivity index (χ0v) is 15.1. The average Bonchev–Trinajstić information content (AvgIpc) is 3.07. The molecular formula is C19H31N3O3. The van der Waals surface area contributed by atoms with Gasteiger partial charge in [-0.1, -0.05) is 0 Å². The Labute approximate surface area is 150 Å². The molecule has 4 rings (SSSR count). The molecule has 0 amide bonds. The van der Waals surface area contributed by atoms with Crippen molar-refractivity contribution in [2.75, 3.05) is 46.1 Å². The number of nitrogens with zero attached hydrogens (tertiary/aromatic N) is 2. The van der Waals surface area contributed by atoms with E-state index in [1.807, 2.05) is 0 Å². The van der Waals surface area contributed by atoms with Gasteiger partial charge in [0.05, 0.1) is 12.3 Å². The van der Waals surface area contributed by atoms with Gasteiger partial charge in [-0.2, -0.15) is 5.10 Å². The number of hydrogen-bond donors (Lipinski definition) is 1. The van der Waals surface area contributed by atoms with Gasteiger partial charge < -0.3 is 19.5 Å².